The third-order valence-electron chi connectivity index (χ3n) is 5.87. The van der Waals surface area contributed by atoms with Crippen LogP contribution in [0.1, 0.15) is 50.3 Å². The Labute approximate surface area is 188 Å². The smallest absolute Gasteiger partial charge is 0.272 e. The molecule has 2 amide bonds. The maximum absolute atomic E-state index is 13.4. The molecule has 1 aliphatic rings. The van der Waals surface area contributed by atoms with Gasteiger partial charge in [-0.25, -0.2) is 4.98 Å². The molecule has 2 atom stereocenters. The molecule has 2 N–H and O–H groups in total. The first kappa shape index (κ1) is 23.2. The van der Waals surface area contributed by atoms with Crippen LogP contribution in [-0.4, -0.2) is 57.4 Å². The Morgan fingerprint density at radius 2 is 2.03 bits per heavy atom. The number of hydrogen-bond acceptors (Lipinski definition) is 5. The molecule has 0 spiro atoms. The molecule has 2 aromatic heterocycles. The Balaban J connectivity index is 2.09. The second kappa shape index (κ2) is 8.96. The van der Waals surface area contributed by atoms with Crippen LogP contribution in [0, 0.1) is 5.41 Å². The van der Waals surface area contributed by atoms with E-state index in [1.54, 1.807) is 25.5 Å². The Kier molecular flexibility index (Phi) is 6.71. The lowest BCUT2D eigenvalue weighted by atomic mass is 9.86. The predicted octanol–water partition coefficient (Wildman–Crippen LogP) is 2.71. The highest BCUT2D eigenvalue weighted by molar-refractivity contribution is 6.33. The van der Waals surface area contributed by atoms with Gasteiger partial charge in [-0.15, -0.1) is 0 Å². The fraction of sp³-hybridized carbons (Fsp3) is 0.545. The van der Waals surface area contributed by atoms with Crippen molar-refractivity contribution in [2.45, 2.75) is 59.3 Å². The van der Waals surface area contributed by atoms with Crippen LogP contribution in [-0.2, 0) is 17.9 Å². The van der Waals surface area contributed by atoms with Crippen LogP contribution in [0.25, 0.3) is 11.4 Å². The minimum absolute atomic E-state index is 0.241. The van der Waals surface area contributed by atoms with Crippen molar-refractivity contribution in [3.05, 3.63) is 34.9 Å². The fourth-order valence-corrected chi connectivity index (χ4v) is 3.98. The van der Waals surface area contributed by atoms with Crippen LogP contribution in [0.2, 0.25) is 5.02 Å². The minimum atomic E-state index is -0.697. The molecule has 0 saturated carbocycles. The zero-order valence-electron chi connectivity index (χ0n) is 19.0. The number of amides is 2. The standard InChI is InChI=1S/C22H31ClN6O2/c1-13-8-10-29-16(12-28(13)6)17(26-19(29)14-7-9-25-11-15(14)23)20(30)27-18(21(31)24-5)22(2,3)4/h7,9,11,13,18H,8,10,12H2,1-6H3,(H,24,31)(H,27,30)/t13?,18-/m1/s1. The van der Waals surface area contributed by atoms with E-state index in [1.165, 1.54) is 0 Å². The zero-order chi connectivity index (χ0) is 22.9. The van der Waals surface area contributed by atoms with Gasteiger partial charge in [-0.2, -0.15) is 0 Å². The summed E-state index contributed by atoms with van der Waals surface area (Å²) >= 11 is 6.41. The van der Waals surface area contributed by atoms with Crippen LogP contribution in [0.15, 0.2) is 18.5 Å². The first-order valence-corrected chi connectivity index (χ1v) is 10.8. The number of likely N-dealkylation sites (N-methyl/N-ethyl adjacent to an activating group) is 1. The van der Waals surface area contributed by atoms with Gasteiger partial charge in [0, 0.05) is 44.1 Å². The summed E-state index contributed by atoms with van der Waals surface area (Å²) in [6.07, 6.45) is 4.15. The molecule has 0 saturated heterocycles. The van der Waals surface area contributed by atoms with Crippen LogP contribution in [0.5, 0.6) is 0 Å². The lowest BCUT2D eigenvalue weighted by Crippen LogP contribution is -2.53. The SMILES string of the molecule is CNC(=O)[C@@H](NC(=O)c1nc(-c2ccncc2Cl)n2c1CN(C)C(C)CC2)C(C)(C)C. The van der Waals surface area contributed by atoms with E-state index in [0.29, 0.717) is 35.7 Å². The largest absolute Gasteiger partial charge is 0.357 e. The Morgan fingerprint density at radius 1 is 1.32 bits per heavy atom. The number of rotatable bonds is 4. The molecule has 8 nitrogen and oxygen atoms in total. The van der Waals surface area contributed by atoms with Crippen LogP contribution < -0.4 is 10.6 Å². The van der Waals surface area contributed by atoms with Gasteiger partial charge in [0.15, 0.2) is 5.69 Å². The third-order valence-corrected chi connectivity index (χ3v) is 6.17. The van der Waals surface area contributed by atoms with Gasteiger partial charge in [-0.3, -0.25) is 19.5 Å². The zero-order valence-corrected chi connectivity index (χ0v) is 19.7. The van der Waals surface area contributed by atoms with Gasteiger partial charge in [0.2, 0.25) is 5.91 Å². The van der Waals surface area contributed by atoms with Gasteiger partial charge in [0.1, 0.15) is 11.9 Å². The predicted molar refractivity (Wildman–Crippen MR) is 121 cm³/mol. The average molecular weight is 447 g/mol. The van der Waals surface area contributed by atoms with Crippen LogP contribution >= 0.6 is 11.6 Å². The molecule has 2 aromatic rings. The lowest BCUT2D eigenvalue weighted by molar-refractivity contribution is -0.124. The van der Waals surface area contributed by atoms with E-state index in [4.69, 9.17) is 16.6 Å². The summed E-state index contributed by atoms with van der Waals surface area (Å²) in [4.78, 5) is 36.8. The van der Waals surface area contributed by atoms with Crippen molar-refractivity contribution < 1.29 is 9.59 Å². The van der Waals surface area contributed by atoms with Crippen molar-refractivity contribution >= 4 is 23.4 Å². The summed E-state index contributed by atoms with van der Waals surface area (Å²) in [6.45, 7) is 9.20. The van der Waals surface area contributed by atoms with Crippen molar-refractivity contribution in [3.8, 4) is 11.4 Å². The fourth-order valence-electron chi connectivity index (χ4n) is 3.78. The summed E-state index contributed by atoms with van der Waals surface area (Å²) in [6, 6.07) is 1.46. The first-order valence-electron chi connectivity index (χ1n) is 10.5. The highest BCUT2D eigenvalue weighted by Crippen LogP contribution is 2.31. The second-order valence-electron chi connectivity index (χ2n) is 9.18. The van der Waals surface area contributed by atoms with Gasteiger partial charge < -0.3 is 15.2 Å². The maximum Gasteiger partial charge on any atom is 0.272 e. The number of imidazole rings is 1. The van der Waals surface area contributed by atoms with Crippen molar-refractivity contribution in [1.29, 1.82) is 0 Å². The highest BCUT2D eigenvalue weighted by atomic mass is 35.5. The number of fused-ring (bicyclic) bond motifs is 1. The Bertz CT molecular complexity index is 981. The van der Waals surface area contributed by atoms with E-state index in [-0.39, 0.29) is 11.8 Å². The molecule has 1 aliphatic heterocycles. The van der Waals surface area contributed by atoms with E-state index >= 15 is 0 Å². The molecule has 1 unspecified atom stereocenters. The van der Waals surface area contributed by atoms with Crippen molar-refractivity contribution in [2.75, 3.05) is 14.1 Å². The molecule has 0 fully saturated rings. The first-order chi connectivity index (χ1) is 14.5. The quantitative estimate of drug-likeness (QED) is 0.753. The van der Waals surface area contributed by atoms with Crippen LogP contribution in [0.3, 0.4) is 0 Å². The highest BCUT2D eigenvalue weighted by Gasteiger charge is 2.35. The molecule has 0 bridgehead atoms. The lowest BCUT2D eigenvalue weighted by Gasteiger charge is -2.29. The monoisotopic (exact) mass is 446 g/mol. The molecule has 0 aliphatic carbocycles. The van der Waals surface area contributed by atoms with Gasteiger partial charge >= 0.3 is 0 Å². The van der Waals surface area contributed by atoms with Gasteiger partial charge in [-0.1, -0.05) is 32.4 Å². The van der Waals surface area contributed by atoms with Gasteiger partial charge in [0.25, 0.3) is 5.91 Å². The van der Waals surface area contributed by atoms with E-state index in [2.05, 4.69) is 32.0 Å². The maximum atomic E-state index is 13.4. The number of carbonyl (C=O) groups is 2. The summed E-state index contributed by atoms with van der Waals surface area (Å²) in [5.41, 5.74) is 1.40. The summed E-state index contributed by atoms with van der Waals surface area (Å²) in [7, 11) is 3.60. The molecule has 168 valence electrons. The Morgan fingerprint density at radius 3 is 2.65 bits per heavy atom. The topological polar surface area (TPSA) is 92.1 Å². The number of aromatic nitrogens is 3. The van der Waals surface area contributed by atoms with E-state index in [0.717, 1.165) is 17.7 Å². The minimum Gasteiger partial charge on any atom is -0.357 e. The third kappa shape index (κ3) is 4.75. The molecular weight excluding hydrogens is 416 g/mol. The number of hydrogen-bond donors (Lipinski definition) is 2. The van der Waals surface area contributed by atoms with Gasteiger partial charge in [-0.05, 0) is 31.9 Å². The van der Waals surface area contributed by atoms with Crippen LogP contribution in [0.4, 0.5) is 0 Å². The number of nitrogens with zero attached hydrogens (tertiary/aromatic N) is 4. The number of carbonyl (C=O) groups excluding carboxylic acids is 2. The number of nitrogens with one attached hydrogen (secondary N) is 2. The Hall–Kier alpha value is -2.45. The molecule has 3 heterocycles. The van der Waals surface area contributed by atoms with E-state index in [1.807, 2.05) is 27.8 Å². The van der Waals surface area contributed by atoms with E-state index in [9.17, 15) is 9.59 Å². The molecule has 9 heteroatoms. The number of pyridine rings is 1. The molecule has 3 rings (SSSR count). The average Bonchev–Trinajstić information content (AvgIpc) is 2.99. The van der Waals surface area contributed by atoms with E-state index < -0.39 is 11.5 Å². The number of halogens is 1. The molecule has 0 radical (unpaired) electrons. The van der Waals surface area contributed by atoms with Gasteiger partial charge in [0.05, 0.1) is 10.7 Å². The second-order valence-corrected chi connectivity index (χ2v) is 9.58. The molecular formula is C22H31ClN6O2. The summed E-state index contributed by atoms with van der Waals surface area (Å²) < 4.78 is 2.07. The van der Waals surface area contributed by atoms with Crippen molar-refractivity contribution in [1.82, 2.24) is 30.1 Å². The molecule has 0 aromatic carbocycles. The molecule has 31 heavy (non-hydrogen) atoms. The normalized spacial score (nSPS) is 18.1. The van der Waals surface area contributed by atoms with Crippen molar-refractivity contribution in [3.63, 3.8) is 0 Å². The summed E-state index contributed by atoms with van der Waals surface area (Å²) in [5.74, 6) is 0.0308. The van der Waals surface area contributed by atoms with Crippen molar-refractivity contribution in [2.24, 2.45) is 5.41 Å². The summed E-state index contributed by atoms with van der Waals surface area (Å²) in [5, 5.41) is 6.03.